The van der Waals surface area contributed by atoms with Gasteiger partial charge in [-0.3, -0.25) is 14.6 Å². The molecule has 3 heterocycles. The van der Waals surface area contributed by atoms with Gasteiger partial charge in [-0.15, -0.1) is 0 Å². The summed E-state index contributed by atoms with van der Waals surface area (Å²) in [6.07, 6.45) is 5.87. The molecule has 0 unspecified atom stereocenters. The molecule has 114 valence electrons. The number of nitrogens with one attached hydrogen (secondary N) is 1. The molecule has 1 aliphatic rings. The van der Waals surface area contributed by atoms with Crippen LogP contribution in [0.25, 0.3) is 0 Å². The first-order valence-electron chi connectivity index (χ1n) is 7.22. The summed E-state index contributed by atoms with van der Waals surface area (Å²) in [6, 6.07) is 6.84. The molecule has 1 atom stereocenters. The van der Waals surface area contributed by atoms with Crippen molar-refractivity contribution in [2.75, 3.05) is 0 Å². The van der Waals surface area contributed by atoms with Crippen molar-refractivity contribution in [3.8, 4) is 0 Å². The largest absolute Gasteiger partial charge is 0.467 e. The number of amides is 2. The molecule has 0 aliphatic carbocycles. The van der Waals surface area contributed by atoms with Gasteiger partial charge in [0.15, 0.2) is 0 Å². The summed E-state index contributed by atoms with van der Waals surface area (Å²) in [5.41, 5.74) is 0.977. The minimum atomic E-state index is -0.431. The summed E-state index contributed by atoms with van der Waals surface area (Å²) < 4.78 is 5.27. The maximum Gasteiger partial charge on any atom is 0.243 e. The van der Waals surface area contributed by atoms with E-state index in [2.05, 4.69) is 10.3 Å². The average molecular weight is 299 g/mol. The van der Waals surface area contributed by atoms with E-state index < -0.39 is 6.04 Å². The van der Waals surface area contributed by atoms with E-state index in [9.17, 15) is 9.59 Å². The van der Waals surface area contributed by atoms with Crippen LogP contribution in [0, 0.1) is 0 Å². The Balaban J connectivity index is 1.61. The predicted molar refractivity (Wildman–Crippen MR) is 78.4 cm³/mol. The van der Waals surface area contributed by atoms with Crippen molar-refractivity contribution in [1.82, 2.24) is 15.2 Å². The lowest BCUT2D eigenvalue weighted by atomic mass is 10.2. The van der Waals surface area contributed by atoms with Gasteiger partial charge in [0.1, 0.15) is 11.8 Å². The van der Waals surface area contributed by atoms with E-state index in [0.717, 1.165) is 5.56 Å². The van der Waals surface area contributed by atoms with Gasteiger partial charge in [0.25, 0.3) is 0 Å². The molecule has 1 N–H and O–H groups in total. The lowest BCUT2D eigenvalue weighted by Gasteiger charge is -2.23. The first-order chi connectivity index (χ1) is 10.7. The molecule has 0 bridgehead atoms. The molecule has 22 heavy (non-hydrogen) atoms. The highest BCUT2D eigenvalue weighted by Gasteiger charge is 2.36. The van der Waals surface area contributed by atoms with Crippen molar-refractivity contribution in [2.24, 2.45) is 0 Å². The molecule has 6 heteroatoms. The average Bonchev–Trinajstić information content (AvgIpc) is 3.17. The molecular formula is C16H17N3O3. The van der Waals surface area contributed by atoms with Crippen molar-refractivity contribution >= 4 is 11.8 Å². The quantitative estimate of drug-likeness (QED) is 0.907. The van der Waals surface area contributed by atoms with Crippen LogP contribution in [0.15, 0.2) is 47.3 Å². The van der Waals surface area contributed by atoms with Crippen LogP contribution in [-0.2, 0) is 22.7 Å². The Morgan fingerprint density at radius 1 is 1.36 bits per heavy atom. The Bertz CT molecular complexity index is 640. The lowest BCUT2D eigenvalue weighted by Crippen LogP contribution is -2.44. The third-order valence-corrected chi connectivity index (χ3v) is 3.75. The minimum Gasteiger partial charge on any atom is -0.467 e. The van der Waals surface area contributed by atoms with E-state index in [4.69, 9.17) is 4.42 Å². The molecule has 3 rings (SSSR count). The number of rotatable bonds is 5. The number of carbonyl (C=O) groups is 2. The Morgan fingerprint density at radius 2 is 2.18 bits per heavy atom. The van der Waals surface area contributed by atoms with Crippen LogP contribution in [0.2, 0.25) is 0 Å². The van der Waals surface area contributed by atoms with Crippen LogP contribution in [0.1, 0.15) is 24.2 Å². The zero-order valence-corrected chi connectivity index (χ0v) is 12.1. The standard InChI is InChI=1S/C16H17N3O3/c20-15-4-3-14(19(15)11-13-2-1-9-22-13)16(21)18-10-12-5-7-17-8-6-12/h1-2,5-9,14H,3-4,10-11H2,(H,18,21)/t14-/m0/s1. The monoisotopic (exact) mass is 299 g/mol. The van der Waals surface area contributed by atoms with E-state index >= 15 is 0 Å². The van der Waals surface area contributed by atoms with E-state index in [1.54, 1.807) is 35.7 Å². The van der Waals surface area contributed by atoms with Crippen LogP contribution < -0.4 is 5.32 Å². The first kappa shape index (κ1) is 14.3. The Labute approximate surface area is 128 Å². The summed E-state index contributed by atoms with van der Waals surface area (Å²) in [5, 5.41) is 2.88. The van der Waals surface area contributed by atoms with Crippen molar-refractivity contribution in [2.45, 2.75) is 32.0 Å². The summed E-state index contributed by atoms with van der Waals surface area (Å²) in [7, 11) is 0. The molecule has 0 spiro atoms. The van der Waals surface area contributed by atoms with Crippen LogP contribution in [0.4, 0.5) is 0 Å². The number of furan rings is 1. The molecule has 1 fully saturated rings. The Kier molecular flexibility index (Phi) is 4.18. The van der Waals surface area contributed by atoms with Gasteiger partial charge in [-0.1, -0.05) is 0 Å². The Morgan fingerprint density at radius 3 is 2.91 bits per heavy atom. The fraction of sp³-hybridized carbons (Fsp3) is 0.312. The number of hydrogen-bond donors (Lipinski definition) is 1. The Hall–Kier alpha value is -2.63. The number of nitrogens with zero attached hydrogens (tertiary/aromatic N) is 2. The topological polar surface area (TPSA) is 75.4 Å². The van der Waals surface area contributed by atoms with Crippen molar-refractivity contribution in [1.29, 1.82) is 0 Å². The van der Waals surface area contributed by atoms with Crippen LogP contribution in [-0.4, -0.2) is 27.7 Å². The normalized spacial score (nSPS) is 17.7. The first-order valence-corrected chi connectivity index (χ1v) is 7.22. The van der Waals surface area contributed by atoms with Gasteiger partial charge in [-0.25, -0.2) is 0 Å². The van der Waals surface area contributed by atoms with Gasteiger partial charge < -0.3 is 14.6 Å². The van der Waals surface area contributed by atoms with E-state index in [0.29, 0.717) is 31.7 Å². The molecule has 2 aromatic rings. The molecular weight excluding hydrogens is 282 g/mol. The third-order valence-electron chi connectivity index (χ3n) is 3.75. The predicted octanol–water partition coefficient (Wildman–Crippen LogP) is 1.48. The van der Waals surface area contributed by atoms with Crippen molar-refractivity contribution in [3.05, 3.63) is 54.2 Å². The minimum absolute atomic E-state index is 0.0135. The SMILES string of the molecule is O=C(NCc1ccncc1)[C@@H]1CCC(=O)N1Cc1ccco1. The second kappa shape index (κ2) is 6.43. The summed E-state index contributed by atoms with van der Waals surface area (Å²) >= 11 is 0. The zero-order chi connectivity index (χ0) is 15.4. The van der Waals surface area contributed by atoms with Gasteiger partial charge in [-0.05, 0) is 36.2 Å². The van der Waals surface area contributed by atoms with Crippen molar-refractivity contribution in [3.63, 3.8) is 0 Å². The molecule has 1 saturated heterocycles. The number of aromatic nitrogens is 1. The number of hydrogen-bond acceptors (Lipinski definition) is 4. The maximum absolute atomic E-state index is 12.4. The zero-order valence-electron chi connectivity index (χ0n) is 12.1. The summed E-state index contributed by atoms with van der Waals surface area (Å²) in [4.78, 5) is 29.9. The highest BCUT2D eigenvalue weighted by molar-refractivity contribution is 5.90. The molecule has 2 amide bonds. The highest BCUT2D eigenvalue weighted by atomic mass is 16.3. The second-order valence-electron chi connectivity index (χ2n) is 5.23. The molecule has 0 aromatic carbocycles. The van der Waals surface area contributed by atoms with Crippen LogP contribution in [0.3, 0.4) is 0 Å². The van der Waals surface area contributed by atoms with Gasteiger partial charge in [0.2, 0.25) is 11.8 Å². The second-order valence-corrected chi connectivity index (χ2v) is 5.23. The van der Waals surface area contributed by atoms with E-state index in [1.807, 2.05) is 12.1 Å². The van der Waals surface area contributed by atoms with E-state index in [1.165, 1.54) is 0 Å². The molecule has 0 saturated carbocycles. The van der Waals surface area contributed by atoms with Gasteiger partial charge in [0, 0.05) is 25.4 Å². The van der Waals surface area contributed by atoms with Crippen LogP contribution in [0.5, 0.6) is 0 Å². The smallest absolute Gasteiger partial charge is 0.243 e. The summed E-state index contributed by atoms with van der Waals surface area (Å²) in [5.74, 6) is 0.539. The maximum atomic E-state index is 12.4. The van der Waals surface area contributed by atoms with Crippen LogP contribution >= 0.6 is 0 Å². The fourth-order valence-corrected chi connectivity index (χ4v) is 2.58. The summed E-state index contributed by atoms with van der Waals surface area (Å²) in [6.45, 7) is 0.764. The number of pyridine rings is 1. The molecule has 6 nitrogen and oxygen atoms in total. The molecule has 2 aromatic heterocycles. The fourth-order valence-electron chi connectivity index (χ4n) is 2.58. The van der Waals surface area contributed by atoms with Gasteiger partial charge in [0.05, 0.1) is 12.8 Å². The van der Waals surface area contributed by atoms with Crippen molar-refractivity contribution < 1.29 is 14.0 Å². The van der Waals surface area contributed by atoms with Gasteiger partial charge in [-0.2, -0.15) is 0 Å². The number of likely N-dealkylation sites (tertiary alicyclic amines) is 1. The van der Waals surface area contributed by atoms with Gasteiger partial charge >= 0.3 is 0 Å². The lowest BCUT2D eigenvalue weighted by molar-refractivity contribution is -0.136. The molecule has 0 radical (unpaired) electrons. The number of carbonyl (C=O) groups excluding carboxylic acids is 2. The molecule has 1 aliphatic heterocycles. The highest BCUT2D eigenvalue weighted by Crippen LogP contribution is 2.22. The third kappa shape index (κ3) is 3.16. The van der Waals surface area contributed by atoms with E-state index in [-0.39, 0.29) is 11.8 Å².